The number of carbonyl (C=O) groups excluding carboxylic acids is 1. The molecule has 0 saturated carbocycles. The fourth-order valence-electron chi connectivity index (χ4n) is 2.00. The molecule has 1 aliphatic rings. The summed E-state index contributed by atoms with van der Waals surface area (Å²) < 4.78 is 0. The summed E-state index contributed by atoms with van der Waals surface area (Å²) >= 11 is 6.02. The van der Waals surface area contributed by atoms with Crippen molar-refractivity contribution in [3.8, 4) is 6.07 Å². The van der Waals surface area contributed by atoms with E-state index in [2.05, 4.69) is 10.6 Å². The van der Waals surface area contributed by atoms with E-state index in [1.165, 1.54) is 0 Å². The van der Waals surface area contributed by atoms with Crippen molar-refractivity contribution in [3.63, 3.8) is 0 Å². The van der Waals surface area contributed by atoms with Crippen LogP contribution in [-0.2, 0) is 4.79 Å². The second-order valence-corrected chi connectivity index (χ2v) is 5.27. The normalized spacial score (nSPS) is 15.5. The van der Waals surface area contributed by atoms with Crippen LogP contribution in [0.3, 0.4) is 0 Å². The van der Waals surface area contributed by atoms with E-state index >= 15 is 0 Å². The first-order valence-corrected chi connectivity index (χ1v) is 7.12. The predicted molar refractivity (Wildman–Crippen MR) is 83.0 cm³/mol. The van der Waals surface area contributed by atoms with Gasteiger partial charge in [-0.25, -0.2) is 0 Å². The zero-order valence-electron chi connectivity index (χ0n) is 11.8. The van der Waals surface area contributed by atoms with Gasteiger partial charge in [0.2, 0.25) is 0 Å². The van der Waals surface area contributed by atoms with E-state index in [9.17, 15) is 4.79 Å². The molecule has 1 aromatic rings. The van der Waals surface area contributed by atoms with Gasteiger partial charge in [-0.1, -0.05) is 17.7 Å². The van der Waals surface area contributed by atoms with Crippen LogP contribution in [-0.4, -0.2) is 37.0 Å². The van der Waals surface area contributed by atoms with Gasteiger partial charge in [-0.05, 0) is 24.6 Å². The molecule has 5 nitrogen and oxygen atoms in total. The first-order chi connectivity index (χ1) is 10.1. The number of hydrogen-bond acceptors (Lipinski definition) is 4. The lowest BCUT2D eigenvalue weighted by molar-refractivity contribution is -0.112. The van der Waals surface area contributed by atoms with Crippen LogP contribution < -0.4 is 10.6 Å². The fraction of sp³-hybridized carbons (Fsp3) is 0.333. The van der Waals surface area contributed by atoms with Crippen LogP contribution in [0.15, 0.2) is 30.0 Å². The number of halogens is 1. The molecule has 6 heteroatoms. The van der Waals surface area contributed by atoms with E-state index in [0.29, 0.717) is 10.7 Å². The van der Waals surface area contributed by atoms with Crippen molar-refractivity contribution in [2.75, 3.05) is 31.5 Å². The average molecular weight is 305 g/mol. The van der Waals surface area contributed by atoms with Crippen LogP contribution >= 0.6 is 11.6 Å². The number of anilines is 1. The van der Waals surface area contributed by atoms with E-state index < -0.39 is 5.91 Å². The summed E-state index contributed by atoms with van der Waals surface area (Å²) in [5.41, 5.74) is 1.61. The van der Waals surface area contributed by atoms with Crippen LogP contribution in [0.2, 0.25) is 5.02 Å². The quantitative estimate of drug-likeness (QED) is 0.661. The number of piperazine rings is 1. The molecule has 1 aromatic carbocycles. The summed E-state index contributed by atoms with van der Waals surface area (Å²) in [6, 6.07) is 7.21. The van der Waals surface area contributed by atoms with Gasteiger partial charge in [0.15, 0.2) is 0 Å². The van der Waals surface area contributed by atoms with Crippen molar-refractivity contribution < 1.29 is 4.79 Å². The Balaban J connectivity index is 2.07. The maximum atomic E-state index is 12.1. The molecule has 0 aliphatic carbocycles. The van der Waals surface area contributed by atoms with Gasteiger partial charge in [-0.2, -0.15) is 5.26 Å². The molecule has 0 radical (unpaired) electrons. The summed E-state index contributed by atoms with van der Waals surface area (Å²) in [6.07, 6.45) is 1.62. The monoisotopic (exact) mass is 304 g/mol. The predicted octanol–water partition coefficient (Wildman–Crippen LogP) is 1.90. The number of carbonyl (C=O) groups is 1. The summed E-state index contributed by atoms with van der Waals surface area (Å²) in [7, 11) is 0. The Bertz CT molecular complexity index is 600. The average Bonchev–Trinajstić information content (AvgIpc) is 2.49. The van der Waals surface area contributed by atoms with Gasteiger partial charge < -0.3 is 15.5 Å². The molecule has 0 unspecified atom stereocenters. The van der Waals surface area contributed by atoms with Crippen LogP contribution in [0, 0.1) is 18.3 Å². The lowest BCUT2D eigenvalue weighted by Gasteiger charge is -2.26. The fourth-order valence-corrected chi connectivity index (χ4v) is 2.18. The maximum Gasteiger partial charge on any atom is 0.267 e. The highest BCUT2D eigenvalue weighted by atomic mass is 35.5. The molecule has 1 aliphatic heterocycles. The Morgan fingerprint density at radius 2 is 2.19 bits per heavy atom. The number of amides is 1. The highest BCUT2D eigenvalue weighted by Crippen LogP contribution is 2.20. The summed E-state index contributed by atoms with van der Waals surface area (Å²) in [6.45, 7) is 5.16. The second kappa shape index (κ2) is 7.11. The van der Waals surface area contributed by atoms with Crippen LogP contribution in [0.4, 0.5) is 5.69 Å². The van der Waals surface area contributed by atoms with Crippen LogP contribution in [0.5, 0.6) is 0 Å². The maximum absolute atomic E-state index is 12.1. The third-order valence-electron chi connectivity index (χ3n) is 3.26. The Hall–Kier alpha value is -2.03. The lowest BCUT2D eigenvalue weighted by Crippen LogP contribution is -2.41. The molecule has 0 atom stereocenters. The first-order valence-electron chi connectivity index (χ1n) is 6.74. The number of aryl methyl sites for hydroxylation is 1. The van der Waals surface area contributed by atoms with E-state index in [-0.39, 0.29) is 5.57 Å². The zero-order chi connectivity index (χ0) is 15.2. The van der Waals surface area contributed by atoms with E-state index in [0.717, 1.165) is 31.7 Å². The van der Waals surface area contributed by atoms with Gasteiger partial charge in [0.1, 0.15) is 11.6 Å². The largest absolute Gasteiger partial charge is 0.374 e. The zero-order valence-corrected chi connectivity index (χ0v) is 12.6. The number of hydrogen-bond donors (Lipinski definition) is 2. The molecular formula is C15H17ClN4O. The van der Waals surface area contributed by atoms with Gasteiger partial charge in [-0.3, -0.25) is 4.79 Å². The molecule has 2 N–H and O–H groups in total. The molecule has 0 bridgehead atoms. The molecule has 2 rings (SSSR count). The van der Waals surface area contributed by atoms with Gasteiger partial charge in [0.25, 0.3) is 5.91 Å². The molecule has 0 aromatic heterocycles. The molecule has 1 fully saturated rings. The third-order valence-corrected chi connectivity index (χ3v) is 3.67. The van der Waals surface area contributed by atoms with Crippen molar-refractivity contribution >= 4 is 23.2 Å². The van der Waals surface area contributed by atoms with Crippen molar-refractivity contribution in [1.82, 2.24) is 10.2 Å². The molecule has 1 saturated heterocycles. The van der Waals surface area contributed by atoms with E-state index in [4.69, 9.17) is 16.9 Å². The van der Waals surface area contributed by atoms with Gasteiger partial charge in [0, 0.05) is 43.1 Å². The number of benzene rings is 1. The third kappa shape index (κ3) is 4.22. The Morgan fingerprint density at radius 3 is 2.81 bits per heavy atom. The molecule has 1 heterocycles. The Morgan fingerprint density at radius 1 is 1.48 bits per heavy atom. The van der Waals surface area contributed by atoms with Crippen molar-refractivity contribution in [1.29, 1.82) is 5.26 Å². The van der Waals surface area contributed by atoms with E-state index in [1.54, 1.807) is 18.3 Å². The van der Waals surface area contributed by atoms with Gasteiger partial charge in [-0.15, -0.1) is 0 Å². The molecule has 21 heavy (non-hydrogen) atoms. The van der Waals surface area contributed by atoms with Crippen LogP contribution in [0.25, 0.3) is 0 Å². The Kier molecular flexibility index (Phi) is 5.20. The Labute approximate surface area is 129 Å². The van der Waals surface area contributed by atoms with Crippen molar-refractivity contribution in [2.24, 2.45) is 0 Å². The highest BCUT2D eigenvalue weighted by Gasteiger charge is 2.13. The topological polar surface area (TPSA) is 68.2 Å². The minimum Gasteiger partial charge on any atom is -0.374 e. The van der Waals surface area contributed by atoms with Crippen molar-refractivity contribution in [2.45, 2.75) is 6.92 Å². The summed E-state index contributed by atoms with van der Waals surface area (Å²) in [5.74, 6) is -0.420. The first kappa shape index (κ1) is 15.4. The van der Waals surface area contributed by atoms with E-state index in [1.807, 2.05) is 24.0 Å². The minimum absolute atomic E-state index is 0.0913. The smallest absolute Gasteiger partial charge is 0.267 e. The molecular weight excluding hydrogens is 288 g/mol. The minimum atomic E-state index is -0.420. The van der Waals surface area contributed by atoms with Crippen LogP contribution in [0.1, 0.15) is 5.56 Å². The summed E-state index contributed by atoms with van der Waals surface area (Å²) in [4.78, 5) is 14.1. The highest BCUT2D eigenvalue weighted by molar-refractivity contribution is 6.31. The molecule has 1 amide bonds. The van der Waals surface area contributed by atoms with Gasteiger partial charge in [0.05, 0.1) is 0 Å². The molecule has 110 valence electrons. The number of nitriles is 1. The SMILES string of the molecule is Cc1ccc(NC(=O)/C(C#N)=C\N2CCNCC2)cc1Cl. The number of nitrogens with zero attached hydrogens (tertiary/aromatic N) is 2. The lowest BCUT2D eigenvalue weighted by atomic mass is 10.2. The van der Waals surface area contributed by atoms with Crippen molar-refractivity contribution in [3.05, 3.63) is 40.6 Å². The standard InChI is InChI=1S/C15H17ClN4O/c1-11-2-3-13(8-14(11)16)19-15(21)12(9-17)10-20-6-4-18-5-7-20/h2-3,8,10,18H,4-7H2,1H3,(H,19,21)/b12-10-. The summed E-state index contributed by atoms with van der Waals surface area (Å²) in [5, 5.41) is 15.6. The number of rotatable bonds is 3. The van der Waals surface area contributed by atoms with Gasteiger partial charge >= 0.3 is 0 Å². The molecule has 0 spiro atoms. The number of nitrogens with one attached hydrogen (secondary N) is 2. The second-order valence-electron chi connectivity index (χ2n) is 4.86.